The molecule has 0 aliphatic carbocycles. The summed E-state index contributed by atoms with van der Waals surface area (Å²) in [6, 6.07) is 11.6. The van der Waals surface area contributed by atoms with Gasteiger partial charge >= 0.3 is 0 Å². The fourth-order valence-electron chi connectivity index (χ4n) is 2.66. The van der Waals surface area contributed by atoms with Crippen molar-refractivity contribution in [3.63, 3.8) is 0 Å². The summed E-state index contributed by atoms with van der Waals surface area (Å²) in [4.78, 5) is 16.7. The molecule has 0 radical (unpaired) electrons. The molecule has 3 N–H and O–H groups in total. The monoisotopic (exact) mass is 414 g/mol. The Hall–Kier alpha value is -2.80. The van der Waals surface area contributed by atoms with Crippen LogP contribution in [0.5, 0.6) is 0 Å². The van der Waals surface area contributed by atoms with Gasteiger partial charge in [-0.05, 0) is 49.6 Å². The Labute approximate surface area is 179 Å². The number of carbonyl (C=O) groups is 1. The molecule has 1 aromatic heterocycles. The van der Waals surface area contributed by atoms with Crippen LogP contribution in [0.3, 0.4) is 0 Å². The van der Waals surface area contributed by atoms with Gasteiger partial charge in [-0.25, -0.2) is 4.99 Å². The first-order valence-electron chi connectivity index (χ1n) is 10.6. The van der Waals surface area contributed by atoms with E-state index < -0.39 is 0 Å². The molecular formula is C23H34N4O3. The molecule has 30 heavy (non-hydrogen) atoms. The summed E-state index contributed by atoms with van der Waals surface area (Å²) in [7, 11) is 0. The predicted molar refractivity (Wildman–Crippen MR) is 120 cm³/mol. The molecule has 0 aliphatic rings. The van der Waals surface area contributed by atoms with Gasteiger partial charge in [0.05, 0.1) is 12.8 Å². The number of benzene rings is 1. The summed E-state index contributed by atoms with van der Waals surface area (Å²) in [5, 5.41) is 9.54. The Morgan fingerprint density at radius 3 is 2.80 bits per heavy atom. The highest BCUT2D eigenvalue weighted by Gasteiger charge is 2.10. The third kappa shape index (κ3) is 8.69. The van der Waals surface area contributed by atoms with Gasteiger partial charge in [0.25, 0.3) is 0 Å². The van der Waals surface area contributed by atoms with E-state index in [1.807, 2.05) is 57.2 Å². The second-order valence-corrected chi connectivity index (χ2v) is 7.11. The van der Waals surface area contributed by atoms with Crippen molar-refractivity contribution < 1.29 is 13.9 Å². The van der Waals surface area contributed by atoms with E-state index in [0.29, 0.717) is 19.8 Å². The Morgan fingerprint density at radius 1 is 1.20 bits per heavy atom. The number of amides is 1. The molecule has 1 atom stereocenters. The number of ether oxygens (including phenoxy) is 1. The minimum Gasteiger partial charge on any atom is -0.467 e. The largest absolute Gasteiger partial charge is 0.467 e. The van der Waals surface area contributed by atoms with Crippen LogP contribution in [0.15, 0.2) is 52.1 Å². The maximum absolute atomic E-state index is 12.1. The van der Waals surface area contributed by atoms with Crippen molar-refractivity contribution in [3.8, 4) is 0 Å². The SMILES string of the molecule is CCNC(=NCc1cccc(NC(=O)C(C)CC)c1)NCCCOCc1ccco1. The molecule has 0 fully saturated rings. The van der Waals surface area contributed by atoms with Gasteiger partial charge in [0.2, 0.25) is 5.91 Å². The van der Waals surface area contributed by atoms with Crippen LogP contribution in [-0.4, -0.2) is 31.6 Å². The number of nitrogens with zero attached hydrogens (tertiary/aromatic N) is 1. The van der Waals surface area contributed by atoms with Crippen LogP contribution in [0.4, 0.5) is 5.69 Å². The van der Waals surface area contributed by atoms with Gasteiger partial charge in [0.15, 0.2) is 5.96 Å². The summed E-state index contributed by atoms with van der Waals surface area (Å²) < 4.78 is 10.8. The third-order valence-corrected chi connectivity index (χ3v) is 4.60. The van der Waals surface area contributed by atoms with Crippen LogP contribution in [0, 0.1) is 5.92 Å². The molecule has 2 rings (SSSR count). The number of guanidine groups is 1. The normalized spacial score (nSPS) is 12.4. The van der Waals surface area contributed by atoms with Crippen molar-refractivity contribution in [1.29, 1.82) is 0 Å². The van der Waals surface area contributed by atoms with E-state index >= 15 is 0 Å². The quantitative estimate of drug-likeness (QED) is 0.278. The summed E-state index contributed by atoms with van der Waals surface area (Å²) in [5.74, 6) is 1.64. The Morgan fingerprint density at radius 2 is 2.07 bits per heavy atom. The van der Waals surface area contributed by atoms with Gasteiger partial charge in [0.1, 0.15) is 12.4 Å². The molecule has 2 aromatic rings. The zero-order valence-corrected chi connectivity index (χ0v) is 18.2. The first-order chi connectivity index (χ1) is 14.6. The summed E-state index contributed by atoms with van der Waals surface area (Å²) in [6.07, 6.45) is 3.33. The molecule has 0 bridgehead atoms. The number of anilines is 1. The zero-order valence-electron chi connectivity index (χ0n) is 18.2. The lowest BCUT2D eigenvalue weighted by Crippen LogP contribution is -2.38. The number of nitrogens with one attached hydrogen (secondary N) is 3. The summed E-state index contributed by atoms with van der Waals surface area (Å²) >= 11 is 0. The predicted octanol–water partition coefficient (Wildman–Crippen LogP) is 3.93. The van der Waals surface area contributed by atoms with E-state index in [0.717, 1.165) is 48.9 Å². The average molecular weight is 415 g/mol. The molecule has 164 valence electrons. The van der Waals surface area contributed by atoms with E-state index in [4.69, 9.17) is 9.15 Å². The minimum atomic E-state index is -0.000653. The number of hydrogen-bond donors (Lipinski definition) is 3. The van der Waals surface area contributed by atoms with Gasteiger partial charge in [-0.15, -0.1) is 0 Å². The lowest BCUT2D eigenvalue weighted by Gasteiger charge is -2.12. The van der Waals surface area contributed by atoms with E-state index in [1.54, 1.807) is 6.26 Å². The van der Waals surface area contributed by atoms with Crippen LogP contribution in [0.1, 0.15) is 44.9 Å². The van der Waals surface area contributed by atoms with Gasteiger partial charge in [0, 0.05) is 31.3 Å². The molecule has 1 aromatic carbocycles. The van der Waals surface area contributed by atoms with Crippen LogP contribution in [0.2, 0.25) is 0 Å². The van der Waals surface area contributed by atoms with Gasteiger partial charge < -0.3 is 25.1 Å². The van der Waals surface area contributed by atoms with Crippen LogP contribution in [0.25, 0.3) is 0 Å². The van der Waals surface area contributed by atoms with Gasteiger partial charge in [-0.1, -0.05) is 26.0 Å². The molecule has 7 heteroatoms. The molecule has 0 saturated carbocycles. The van der Waals surface area contributed by atoms with Crippen LogP contribution < -0.4 is 16.0 Å². The Bertz CT molecular complexity index is 775. The Kier molecular flexibility index (Phi) is 10.5. The molecule has 0 spiro atoms. The minimum absolute atomic E-state index is 0.000653. The van der Waals surface area contributed by atoms with Crippen molar-refractivity contribution in [2.45, 2.75) is 46.8 Å². The molecule has 1 heterocycles. The van der Waals surface area contributed by atoms with Crippen molar-refractivity contribution >= 4 is 17.6 Å². The number of aliphatic imine (C=N–C) groups is 1. The maximum Gasteiger partial charge on any atom is 0.227 e. The highest BCUT2D eigenvalue weighted by atomic mass is 16.5. The number of carbonyl (C=O) groups excluding carboxylic acids is 1. The van der Waals surface area contributed by atoms with Gasteiger partial charge in [-0.2, -0.15) is 0 Å². The average Bonchev–Trinajstić information content (AvgIpc) is 3.27. The second kappa shape index (κ2) is 13.4. The highest BCUT2D eigenvalue weighted by molar-refractivity contribution is 5.92. The molecule has 7 nitrogen and oxygen atoms in total. The molecule has 0 saturated heterocycles. The van der Waals surface area contributed by atoms with E-state index in [1.165, 1.54) is 0 Å². The molecular weight excluding hydrogens is 380 g/mol. The van der Waals surface area contributed by atoms with Crippen molar-refractivity contribution in [2.24, 2.45) is 10.9 Å². The third-order valence-electron chi connectivity index (χ3n) is 4.60. The topological polar surface area (TPSA) is 87.9 Å². The smallest absolute Gasteiger partial charge is 0.227 e. The van der Waals surface area contributed by atoms with E-state index in [-0.39, 0.29) is 11.8 Å². The Balaban J connectivity index is 1.77. The van der Waals surface area contributed by atoms with Crippen molar-refractivity contribution in [1.82, 2.24) is 10.6 Å². The van der Waals surface area contributed by atoms with E-state index in [2.05, 4.69) is 20.9 Å². The van der Waals surface area contributed by atoms with Crippen molar-refractivity contribution in [2.75, 3.05) is 25.0 Å². The van der Waals surface area contributed by atoms with Crippen LogP contribution >= 0.6 is 0 Å². The number of furan rings is 1. The summed E-state index contributed by atoms with van der Waals surface area (Å²) in [5.41, 5.74) is 1.84. The lowest BCUT2D eigenvalue weighted by atomic mass is 10.1. The molecule has 1 amide bonds. The van der Waals surface area contributed by atoms with Gasteiger partial charge in [-0.3, -0.25) is 4.79 Å². The summed E-state index contributed by atoms with van der Waals surface area (Å²) in [6.45, 7) is 9.18. The maximum atomic E-state index is 12.1. The first-order valence-corrected chi connectivity index (χ1v) is 10.6. The number of hydrogen-bond acceptors (Lipinski definition) is 4. The zero-order chi connectivity index (χ0) is 21.6. The van der Waals surface area contributed by atoms with Crippen LogP contribution in [-0.2, 0) is 22.7 Å². The number of rotatable bonds is 12. The fourth-order valence-corrected chi connectivity index (χ4v) is 2.66. The highest BCUT2D eigenvalue weighted by Crippen LogP contribution is 2.13. The fraction of sp³-hybridized carbons (Fsp3) is 0.478. The molecule has 1 unspecified atom stereocenters. The lowest BCUT2D eigenvalue weighted by molar-refractivity contribution is -0.119. The first kappa shape index (κ1) is 23.5. The second-order valence-electron chi connectivity index (χ2n) is 7.11. The van der Waals surface area contributed by atoms with E-state index in [9.17, 15) is 4.79 Å². The molecule has 0 aliphatic heterocycles. The van der Waals surface area contributed by atoms with Crippen molar-refractivity contribution in [3.05, 3.63) is 54.0 Å². The standard InChI is InChI=1S/C23H34N4O3/c1-4-18(3)22(28)27-20-10-6-9-19(15-20)16-26-23(24-5-2)25-12-8-13-29-17-21-11-7-14-30-21/h6-7,9-11,14-15,18H,4-5,8,12-13,16-17H2,1-3H3,(H,27,28)(H2,24,25,26).